The molecule has 0 saturated heterocycles. The van der Waals surface area contributed by atoms with E-state index >= 15 is 0 Å². The van der Waals surface area contributed by atoms with Crippen molar-refractivity contribution < 1.29 is 19.2 Å². The second-order valence-electron chi connectivity index (χ2n) is 5.57. The van der Waals surface area contributed by atoms with Crippen molar-refractivity contribution in [2.24, 2.45) is 5.92 Å². The number of hydroxylamine groups is 1. The first-order chi connectivity index (χ1) is 12.2. The second kappa shape index (κ2) is 10.3. The second-order valence-corrected chi connectivity index (χ2v) is 5.57. The predicted octanol–water partition coefficient (Wildman–Crippen LogP) is 3.05. The number of esters is 1. The Bertz CT molecular complexity index is 658. The number of carbonyl (C=O) groups excluding carboxylic acids is 2. The molecular weight excluding hydrogens is 318 g/mol. The summed E-state index contributed by atoms with van der Waals surface area (Å²) < 4.78 is 5.02. The van der Waals surface area contributed by atoms with Gasteiger partial charge < -0.3 is 4.74 Å². The molecule has 132 valence electrons. The molecule has 0 bridgehead atoms. The van der Waals surface area contributed by atoms with Crippen molar-refractivity contribution >= 4 is 11.9 Å². The lowest BCUT2D eigenvalue weighted by molar-refractivity contribution is -0.156. The highest BCUT2D eigenvalue weighted by Gasteiger charge is 2.28. The summed E-state index contributed by atoms with van der Waals surface area (Å²) in [5, 5.41) is 0. The summed E-state index contributed by atoms with van der Waals surface area (Å²) in [4.78, 5) is 29.7. The number of hydrogen-bond donors (Lipinski definition) is 1. The van der Waals surface area contributed by atoms with E-state index in [1.54, 1.807) is 6.92 Å². The smallest absolute Gasteiger partial charge is 0.318 e. The Kier molecular flexibility index (Phi) is 7.66. The molecular formula is C20H23NO4. The van der Waals surface area contributed by atoms with E-state index in [4.69, 9.17) is 9.57 Å². The maximum atomic E-state index is 12.3. The van der Waals surface area contributed by atoms with E-state index in [0.717, 1.165) is 11.1 Å². The molecule has 1 amide bonds. The highest BCUT2D eigenvalue weighted by atomic mass is 16.7. The zero-order chi connectivity index (χ0) is 17.9. The molecule has 0 aliphatic rings. The van der Waals surface area contributed by atoms with Crippen molar-refractivity contribution in [2.75, 3.05) is 6.61 Å². The summed E-state index contributed by atoms with van der Waals surface area (Å²) in [6.45, 7) is 2.19. The molecule has 1 atom stereocenters. The van der Waals surface area contributed by atoms with Gasteiger partial charge >= 0.3 is 5.97 Å². The van der Waals surface area contributed by atoms with Gasteiger partial charge in [-0.25, -0.2) is 5.48 Å². The predicted molar refractivity (Wildman–Crippen MR) is 94.3 cm³/mol. The van der Waals surface area contributed by atoms with E-state index < -0.39 is 17.8 Å². The molecule has 1 unspecified atom stereocenters. The Hall–Kier alpha value is -2.66. The first kappa shape index (κ1) is 18.7. The van der Waals surface area contributed by atoms with Crippen LogP contribution in [0.3, 0.4) is 0 Å². The van der Waals surface area contributed by atoms with Gasteiger partial charge in [-0.05, 0) is 30.9 Å². The number of nitrogens with one attached hydrogen (secondary N) is 1. The van der Waals surface area contributed by atoms with Crippen molar-refractivity contribution in [2.45, 2.75) is 26.4 Å². The quantitative estimate of drug-likeness (QED) is 0.432. The number of aryl methyl sites for hydroxylation is 1. The molecule has 0 heterocycles. The van der Waals surface area contributed by atoms with Crippen LogP contribution >= 0.6 is 0 Å². The van der Waals surface area contributed by atoms with E-state index in [1.165, 1.54) is 0 Å². The molecule has 0 radical (unpaired) electrons. The summed E-state index contributed by atoms with van der Waals surface area (Å²) in [5.41, 5.74) is 4.36. The van der Waals surface area contributed by atoms with Crippen molar-refractivity contribution in [1.29, 1.82) is 0 Å². The van der Waals surface area contributed by atoms with Crippen LogP contribution in [0.1, 0.15) is 24.5 Å². The van der Waals surface area contributed by atoms with E-state index in [2.05, 4.69) is 5.48 Å². The van der Waals surface area contributed by atoms with E-state index in [0.29, 0.717) is 12.8 Å². The van der Waals surface area contributed by atoms with Crippen molar-refractivity contribution in [3.63, 3.8) is 0 Å². The van der Waals surface area contributed by atoms with Crippen LogP contribution in [-0.2, 0) is 32.2 Å². The lowest BCUT2D eigenvalue weighted by Crippen LogP contribution is -2.36. The summed E-state index contributed by atoms with van der Waals surface area (Å²) in [7, 11) is 0. The fourth-order valence-corrected chi connectivity index (χ4v) is 2.39. The van der Waals surface area contributed by atoms with Gasteiger partial charge in [0.1, 0.15) is 5.92 Å². The minimum atomic E-state index is -0.893. The molecule has 0 fully saturated rings. The molecule has 5 nitrogen and oxygen atoms in total. The number of benzene rings is 2. The molecule has 2 rings (SSSR count). The standard InChI is InChI=1S/C20H23NO4/c1-2-24-20(23)18(14-13-16-9-5-3-6-10-16)19(22)21-25-15-17-11-7-4-8-12-17/h3-12,18H,2,13-15H2,1H3,(H,21,22). The Balaban J connectivity index is 1.89. The minimum Gasteiger partial charge on any atom is -0.465 e. The van der Waals surface area contributed by atoms with E-state index in [1.807, 2.05) is 60.7 Å². The number of rotatable bonds is 9. The third-order valence-electron chi connectivity index (χ3n) is 3.71. The Labute approximate surface area is 147 Å². The lowest BCUT2D eigenvalue weighted by atomic mass is 9.99. The summed E-state index contributed by atoms with van der Waals surface area (Å²) in [6.07, 6.45) is 0.972. The Morgan fingerprint density at radius 3 is 2.16 bits per heavy atom. The molecule has 2 aromatic rings. The summed E-state index contributed by atoms with van der Waals surface area (Å²) in [5.74, 6) is -1.90. The van der Waals surface area contributed by atoms with Gasteiger partial charge in [0, 0.05) is 0 Å². The van der Waals surface area contributed by atoms with Crippen LogP contribution in [0.15, 0.2) is 60.7 Å². The first-order valence-corrected chi connectivity index (χ1v) is 8.37. The Morgan fingerprint density at radius 2 is 1.56 bits per heavy atom. The van der Waals surface area contributed by atoms with Crippen LogP contribution < -0.4 is 5.48 Å². The lowest BCUT2D eigenvalue weighted by Gasteiger charge is -2.15. The maximum absolute atomic E-state index is 12.3. The van der Waals surface area contributed by atoms with Crippen molar-refractivity contribution in [3.05, 3.63) is 71.8 Å². The van der Waals surface area contributed by atoms with Crippen LogP contribution in [-0.4, -0.2) is 18.5 Å². The van der Waals surface area contributed by atoms with Crippen LogP contribution in [0.5, 0.6) is 0 Å². The highest BCUT2D eigenvalue weighted by Crippen LogP contribution is 2.13. The molecule has 0 saturated carbocycles. The average Bonchev–Trinajstić information content (AvgIpc) is 2.64. The highest BCUT2D eigenvalue weighted by molar-refractivity contribution is 5.97. The van der Waals surface area contributed by atoms with Crippen LogP contribution in [0, 0.1) is 5.92 Å². The van der Waals surface area contributed by atoms with Crippen LogP contribution in [0.2, 0.25) is 0 Å². The van der Waals surface area contributed by atoms with Gasteiger partial charge in [0.2, 0.25) is 0 Å². The van der Waals surface area contributed by atoms with E-state index in [-0.39, 0.29) is 13.2 Å². The molecule has 5 heteroatoms. The zero-order valence-electron chi connectivity index (χ0n) is 14.3. The van der Waals surface area contributed by atoms with Crippen LogP contribution in [0.4, 0.5) is 0 Å². The number of ether oxygens (including phenoxy) is 1. The molecule has 0 aliphatic carbocycles. The fraction of sp³-hybridized carbons (Fsp3) is 0.300. The van der Waals surface area contributed by atoms with E-state index in [9.17, 15) is 9.59 Å². The SMILES string of the molecule is CCOC(=O)C(CCc1ccccc1)C(=O)NOCc1ccccc1. The van der Waals surface area contributed by atoms with Gasteiger partial charge in [0.25, 0.3) is 5.91 Å². The number of carbonyl (C=O) groups is 2. The van der Waals surface area contributed by atoms with Crippen LogP contribution in [0.25, 0.3) is 0 Å². The zero-order valence-corrected chi connectivity index (χ0v) is 14.3. The normalized spacial score (nSPS) is 11.6. The maximum Gasteiger partial charge on any atom is 0.318 e. The molecule has 0 aliphatic heterocycles. The third-order valence-corrected chi connectivity index (χ3v) is 3.71. The van der Waals surface area contributed by atoms with Crippen molar-refractivity contribution in [3.8, 4) is 0 Å². The topological polar surface area (TPSA) is 64.6 Å². The fourth-order valence-electron chi connectivity index (χ4n) is 2.39. The van der Waals surface area contributed by atoms with Gasteiger partial charge in [-0.2, -0.15) is 0 Å². The molecule has 0 aromatic heterocycles. The summed E-state index contributed by atoms with van der Waals surface area (Å²) >= 11 is 0. The first-order valence-electron chi connectivity index (χ1n) is 8.37. The largest absolute Gasteiger partial charge is 0.465 e. The molecule has 2 aromatic carbocycles. The third kappa shape index (κ3) is 6.39. The summed E-state index contributed by atoms with van der Waals surface area (Å²) in [6, 6.07) is 19.2. The monoisotopic (exact) mass is 341 g/mol. The van der Waals surface area contributed by atoms with Gasteiger partial charge in [-0.3, -0.25) is 14.4 Å². The minimum absolute atomic E-state index is 0.235. The molecule has 25 heavy (non-hydrogen) atoms. The molecule has 1 N–H and O–H groups in total. The van der Waals surface area contributed by atoms with Gasteiger partial charge in [-0.15, -0.1) is 0 Å². The van der Waals surface area contributed by atoms with Gasteiger partial charge in [-0.1, -0.05) is 60.7 Å². The molecule has 0 spiro atoms. The number of amides is 1. The van der Waals surface area contributed by atoms with Gasteiger partial charge in [0.15, 0.2) is 0 Å². The van der Waals surface area contributed by atoms with Crippen molar-refractivity contribution in [1.82, 2.24) is 5.48 Å². The average molecular weight is 341 g/mol. The van der Waals surface area contributed by atoms with Gasteiger partial charge in [0.05, 0.1) is 13.2 Å². The Morgan fingerprint density at radius 1 is 0.960 bits per heavy atom. The number of hydrogen-bond acceptors (Lipinski definition) is 4.